The Hall–Kier alpha value is -1.98. The molecule has 0 unspecified atom stereocenters. The summed E-state index contributed by atoms with van der Waals surface area (Å²) in [7, 11) is 0. The molecular formula is C17H22N4O2. The number of carbonyl (C=O) groups is 2. The molecule has 4 heterocycles. The van der Waals surface area contributed by atoms with Crippen LogP contribution in [-0.4, -0.2) is 57.3 Å². The van der Waals surface area contributed by atoms with Crippen molar-refractivity contribution in [1.82, 2.24) is 19.8 Å². The largest absolute Gasteiger partial charge is 0.339 e. The van der Waals surface area contributed by atoms with Crippen molar-refractivity contribution in [3.05, 3.63) is 23.8 Å². The number of hydrogen-bond donors (Lipinski definition) is 0. The van der Waals surface area contributed by atoms with E-state index in [-0.39, 0.29) is 5.91 Å². The third-order valence-corrected chi connectivity index (χ3v) is 5.47. The number of nitrogens with zero attached hydrogens (tertiary/aromatic N) is 4. The average Bonchev–Trinajstić information content (AvgIpc) is 2.56. The number of piperidine rings is 3. The summed E-state index contributed by atoms with van der Waals surface area (Å²) >= 11 is 0. The van der Waals surface area contributed by atoms with Crippen LogP contribution in [0.1, 0.15) is 41.9 Å². The third-order valence-electron chi connectivity index (χ3n) is 5.47. The van der Waals surface area contributed by atoms with Crippen LogP contribution in [0, 0.1) is 18.8 Å². The fraction of sp³-hybridized carbons (Fsp3) is 0.647. The fourth-order valence-corrected chi connectivity index (χ4v) is 4.44. The summed E-state index contributed by atoms with van der Waals surface area (Å²) in [4.78, 5) is 37.3. The van der Waals surface area contributed by atoms with Gasteiger partial charge in [0.2, 0.25) is 5.91 Å². The van der Waals surface area contributed by atoms with E-state index in [9.17, 15) is 9.59 Å². The minimum Gasteiger partial charge on any atom is -0.339 e. The van der Waals surface area contributed by atoms with Crippen LogP contribution in [0.2, 0.25) is 0 Å². The minimum absolute atomic E-state index is 0.0252. The number of rotatable bonds is 1. The molecule has 1 aromatic rings. The molecule has 0 radical (unpaired) electrons. The number of carbonyl (C=O) groups excluding carboxylic acids is 2. The van der Waals surface area contributed by atoms with Gasteiger partial charge in [0.25, 0.3) is 5.91 Å². The molecule has 1 aromatic heterocycles. The molecule has 0 aliphatic carbocycles. The summed E-state index contributed by atoms with van der Waals surface area (Å²) in [5, 5.41) is 0. The van der Waals surface area contributed by atoms with Crippen LogP contribution < -0.4 is 0 Å². The average molecular weight is 314 g/mol. The molecule has 0 aromatic carbocycles. The topological polar surface area (TPSA) is 66.4 Å². The zero-order valence-corrected chi connectivity index (χ0v) is 13.4. The van der Waals surface area contributed by atoms with Gasteiger partial charge in [0.05, 0.1) is 11.9 Å². The Morgan fingerprint density at radius 3 is 2.87 bits per heavy atom. The number of likely N-dealkylation sites (tertiary alicyclic amines) is 1. The second kappa shape index (κ2) is 5.58. The van der Waals surface area contributed by atoms with Crippen molar-refractivity contribution in [2.75, 3.05) is 19.6 Å². The number of fused-ring (bicyclic) bond motifs is 4. The van der Waals surface area contributed by atoms with Crippen LogP contribution in [0.4, 0.5) is 0 Å². The Kier molecular flexibility index (Phi) is 3.54. The van der Waals surface area contributed by atoms with Crippen molar-refractivity contribution >= 4 is 11.8 Å². The van der Waals surface area contributed by atoms with E-state index in [1.807, 2.05) is 11.8 Å². The van der Waals surface area contributed by atoms with Gasteiger partial charge in [-0.3, -0.25) is 14.6 Å². The molecule has 3 atom stereocenters. The van der Waals surface area contributed by atoms with Gasteiger partial charge in [-0.15, -0.1) is 0 Å². The van der Waals surface area contributed by atoms with Gasteiger partial charge < -0.3 is 9.80 Å². The summed E-state index contributed by atoms with van der Waals surface area (Å²) in [5.41, 5.74) is 1.24. The number of hydrogen-bond acceptors (Lipinski definition) is 4. The Morgan fingerprint density at radius 2 is 2.09 bits per heavy atom. The summed E-state index contributed by atoms with van der Waals surface area (Å²) in [6, 6.07) is 0.326. The summed E-state index contributed by atoms with van der Waals surface area (Å²) in [6.45, 7) is 4.13. The lowest BCUT2D eigenvalue weighted by atomic mass is 9.76. The van der Waals surface area contributed by atoms with Crippen LogP contribution >= 0.6 is 0 Å². The molecule has 3 fully saturated rings. The van der Waals surface area contributed by atoms with E-state index in [0.717, 1.165) is 44.6 Å². The van der Waals surface area contributed by atoms with Crippen molar-refractivity contribution < 1.29 is 9.59 Å². The van der Waals surface area contributed by atoms with Crippen LogP contribution in [0.3, 0.4) is 0 Å². The predicted octanol–water partition coefficient (Wildman–Crippen LogP) is 1.26. The highest BCUT2D eigenvalue weighted by atomic mass is 16.2. The molecule has 2 bridgehead atoms. The van der Waals surface area contributed by atoms with E-state index in [1.165, 1.54) is 0 Å². The van der Waals surface area contributed by atoms with Gasteiger partial charge in [0.15, 0.2) is 0 Å². The predicted molar refractivity (Wildman–Crippen MR) is 83.6 cm³/mol. The molecule has 23 heavy (non-hydrogen) atoms. The van der Waals surface area contributed by atoms with E-state index >= 15 is 0 Å². The zero-order chi connectivity index (χ0) is 16.0. The second-order valence-electron chi connectivity index (χ2n) is 7.12. The monoisotopic (exact) mass is 314 g/mol. The normalized spacial score (nSPS) is 30.1. The lowest BCUT2D eigenvalue weighted by Crippen LogP contribution is -2.61. The van der Waals surface area contributed by atoms with Crippen LogP contribution in [-0.2, 0) is 4.79 Å². The summed E-state index contributed by atoms with van der Waals surface area (Å²) in [5.74, 6) is 1.09. The maximum Gasteiger partial charge on any atom is 0.274 e. The summed E-state index contributed by atoms with van der Waals surface area (Å²) in [6.07, 6.45) is 7.10. The van der Waals surface area contributed by atoms with E-state index in [1.54, 1.807) is 12.4 Å². The first-order valence-electron chi connectivity index (χ1n) is 8.49. The highest BCUT2D eigenvalue weighted by molar-refractivity contribution is 5.92. The van der Waals surface area contributed by atoms with Gasteiger partial charge in [-0.1, -0.05) is 0 Å². The van der Waals surface area contributed by atoms with E-state index in [0.29, 0.717) is 35.9 Å². The number of amides is 2. The minimum atomic E-state index is -0.0252. The third kappa shape index (κ3) is 2.60. The molecule has 6 nitrogen and oxygen atoms in total. The van der Waals surface area contributed by atoms with E-state index < -0.39 is 0 Å². The molecule has 2 amide bonds. The SMILES string of the molecule is Cc1cnc(C(=O)N2C[C@H]3C[C@H](C2)[C@@H]2CCCC(=O)N2C3)cn1. The number of aryl methyl sites for hydroxylation is 1. The molecule has 0 spiro atoms. The van der Waals surface area contributed by atoms with Crippen molar-refractivity contribution in [2.45, 2.75) is 38.6 Å². The van der Waals surface area contributed by atoms with Crippen LogP contribution in [0.25, 0.3) is 0 Å². The highest BCUT2D eigenvalue weighted by Gasteiger charge is 2.44. The molecule has 3 aliphatic rings. The Labute approximate surface area is 135 Å². The Bertz CT molecular complexity index is 630. The fourth-order valence-electron chi connectivity index (χ4n) is 4.44. The first kappa shape index (κ1) is 14.6. The zero-order valence-electron chi connectivity index (χ0n) is 13.4. The standard InChI is InChI=1S/C17H22N4O2/c1-11-6-19-14(7-18-11)17(23)20-8-12-5-13(10-20)15-3-2-4-16(22)21(15)9-12/h6-7,12-13,15H,2-5,8-10H2,1H3/t12-,13-,15+/m1/s1. The molecule has 4 rings (SSSR count). The molecule has 122 valence electrons. The second-order valence-corrected chi connectivity index (χ2v) is 7.12. The Balaban J connectivity index is 1.52. The van der Waals surface area contributed by atoms with Gasteiger partial charge in [-0.25, -0.2) is 4.98 Å². The first-order chi connectivity index (χ1) is 11.1. The molecular weight excluding hydrogens is 292 g/mol. The lowest BCUT2D eigenvalue weighted by molar-refractivity contribution is -0.144. The first-order valence-corrected chi connectivity index (χ1v) is 8.49. The van der Waals surface area contributed by atoms with Crippen LogP contribution in [0.15, 0.2) is 12.4 Å². The van der Waals surface area contributed by atoms with Crippen molar-refractivity contribution in [1.29, 1.82) is 0 Å². The highest BCUT2D eigenvalue weighted by Crippen LogP contribution is 2.38. The van der Waals surface area contributed by atoms with Crippen molar-refractivity contribution in [3.63, 3.8) is 0 Å². The van der Waals surface area contributed by atoms with Crippen LogP contribution in [0.5, 0.6) is 0 Å². The van der Waals surface area contributed by atoms with Crippen molar-refractivity contribution in [3.8, 4) is 0 Å². The number of aromatic nitrogens is 2. The Morgan fingerprint density at radius 1 is 1.22 bits per heavy atom. The van der Waals surface area contributed by atoms with Crippen molar-refractivity contribution in [2.24, 2.45) is 11.8 Å². The molecule has 0 N–H and O–H groups in total. The van der Waals surface area contributed by atoms with E-state index in [2.05, 4.69) is 14.9 Å². The maximum atomic E-state index is 12.7. The maximum absolute atomic E-state index is 12.7. The van der Waals surface area contributed by atoms with Gasteiger partial charge in [-0.05, 0) is 38.0 Å². The molecule has 3 saturated heterocycles. The summed E-state index contributed by atoms with van der Waals surface area (Å²) < 4.78 is 0. The quantitative estimate of drug-likeness (QED) is 0.783. The molecule has 3 aliphatic heterocycles. The molecule has 0 saturated carbocycles. The van der Waals surface area contributed by atoms with Gasteiger partial charge in [0.1, 0.15) is 5.69 Å². The molecule has 6 heteroatoms. The van der Waals surface area contributed by atoms with Gasteiger partial charge >= 0.3 is 0 Å². The smallest absolute Gasteiger partial charge is 0.274 e. The lowest BCUT2D eigenvalue weighted by Gasteiger charge is -2.52. The van der Waals surface area contributed by atoms with Gasteiger partial charge in [-0.2, -0.15) is 0 Å². The van der Waals surface area contributed by atoms with Gasteiger partial charge in [0, 0.05) is 38.3 Å². The van der Waals surface area contributed by atoms with E-state index in [4.69, 9.17) is 0 Å².